The average Bonchev–Trinajstić information content (AvgIpc) is 2.67. The summed E-state index contributed by atoms with van der Waals surface area (Å²) in [5, 5.41) is 21.0. The minimum absolute atomic E-state index is 0.483. The van der Waals surface area contributed by atoms with E-state index in [4.69, 9.17) is 11.6 Å². The van der Waals surface area contributed by atoms with Crippen LogP contribution in [0.4, 0.5) is 0 Å². The van der Waals surface area contributed by atoms with Gasteiger partial charge in [-0.3, -0.25) is 0 Å². The van der Waals surface area contributed by atoms with Gasteiger partial charge in [0.25, 0.3) is 0 Å². The maximum atomic E-state index is 9.19. The molecule has 2 aromatic carbocycles. The van der Waals surface area contributed by atoms with Gasteiger partial charge in [0.1, 0.15) is 0 Å². The van der Waals surface area contributed by atoms with Crippen molar-refractivity contribution in [1.29, 1.82) is 0 Å². The fourth-order valence-electron chi connectivity index (χ4n) is 1.96. The third-order valence-electron chi connectivity index (χ3n) is 2.77. The second-order valence-corrected chi connectivity index (χ2v) is 5.34. The molecule has 0 spiro atoms. The molecule has 0 unspecified atom stereocenters. The lowest BCUT2D eigenvalue weighted by molar-refractivity contribution is 0.426. The molecular formula is C12H8BClO2S. The molecule has 1 heterocycles. The molecule has 84 valence electrons. The van der Waals surface area contributed by atoms with Crippen LogP contribution >= 0.6 is 22.9 Å². The summed E-state index contributed by atoms with van der Waals surface area (Å²) in [6, 6.07) is 11.2. The highest BCUT2D eigenvalue weighted by Crippen LogP contribution is 2.37. The molecule has 0 aliphatic carbocycles. The van der Waals surface area contributed by atoms with Gasteiger partial charge in [-0.05, 0) is 23.7 Å². The lowest BCUT2D eigenvalue weighted by Gasteiger charge is -2.00. The Hall–Kier alpha value is -1.07. The maximum absolute atomic E-state index is 9.19. The van der Waals surface area contributed by atoms with E-state index in [-0.39, 0.29) is 0 Å². The molecule has 3 rings (SSSR count). The topological polar surface area (TPSA) is 40.5 Å². The Morgan fingerprint density at radius 1 is 1.06 bits per heavy atom. The summed E-state index contributed by atoms with van der Waals surface area (Å²) in [5.41, 5.74) is 0.483. The minimum Gasteiger partial charge on any atom is -0.423 e. The molecule has 5 heteroatoms. The zero-order chi connectivity index (χ0) is 12.0. The van der Waals surface area contributed by atoms with Crippen LogP contribution in [0.1, 0.15) is 0 Å². The van der Waals surface area contributed by atoms with E-state index in [1.807, 2.05) is 24.3 Å². The van der Waals surface area contributed by atoms with Gasteiger partial charge in [0, 0.05) is 25.2 Å². The Morgan fingerprint density at radius 2 is 1.88 bits per heavy atom. The van der Waals surface area contributed by atoms with E-state index >= 15 is 0 Å². The Kier molecular flexibility index (Phi) is 2.60. The number of thiophene rings is 1. The highest BCUT2D eigenvalue weighted by atomic mass is 35.5. The van der Waals surface area contributed by atoms with Crippen LogP contribution < -0.4 is 5.46 Å². The molecule has 0 saturated heterocycles. The molecule has 17 heavy (non-hydrogen) atoms. The third kappa shape index (κ3) is 1.74. The van der Waals surface area contributed by atoms with Gasteiger partial charge in [-0.15, -0.1) is 11.3 Å². The zero-order valence-electron chi connectivity index (χ0n) is 8.72. The van der Waals surface area contributed by atoms with Gasteiger partial charge in [-0.1, -0.05) is 29.8 Å². The standard InChI is InChI=1S/C12H8BClO2S/c14-9-2-1-3-11-12(9)8-6-7(13(15)16)4-5-10(8)17-11/h1-6,15-16H. The maximum Gasteiger partial charge on any atom is 0.488 e. The summed E-state index contributed by atoms with van der Waals surface area (Å²) < 4.78 is 2.20. The van der Waals surface area contributed by atoms with E-state index in [1.165, 1.54) is 0 Å². The second kappa shape index (κ2) is 4.00. The number of halogens is 1. The summed E-state index contributed by atoms with van der Waals surface area (Å²) in [6.45, 7) is 0. The Labute approximate surface area is 107 Å². The predicted molar refractivity (Wildman–Crippen MR) is 74.2 cm³/mol. The molecular weight excluding hydrogens is 254 g/mol. The van der Waals surface area contributed by atoms with Crippen molar-refractivity contribution in [3.05, 3.63) is 41.4 Å². The average molecular weight is 263 g/mol. The first-order chi connectivity index (χ1) is 8.16. The predicted octanol–water partition coefficient (Wildman–Crippen LogP) is 2.39. The summed E-state index contributed by atoms with van der Waals surface area (Å²) >= 11 is 7.84. The van der Waals surface area contributed by atoms with Crippen molar-refractivity contribution < 1.29 is 10.0 Å². The fourth-order valence-corrected chi connectivity index (χ4v) is 3.41. The first-order valence-electron chi connectivity index (χ1n) is 5.13. The highest BCUT2D eigenvalue weighted by Gasteiger charge is 2.14. The first-order valence-corrected chi connectivity index (χ1v) is 6.33. The van der Waals surface area contributed by atoms with Gasteiger partial charge >= 0.3 is 7.12 Å². The van der Waals surface area contributed by atoms with E-state index < -0.39 is 7.12 Å². The van der Waals surface area contributed by atoms with Gasteiger partial charge < -0.3 is 10.0 Å². The highest BCUT2D eigenvalue weighted by molar-refractivity contribution is 7.26. The molecule has 0 atom stereocenters. The van der Waals surface area contributed by atoms with Gasteiger partial charge in [-0.25, -0.2) is 0 Å². The van der Waals surface area contributed by atoms with Gasteiger partial charge in [-0.2, -0.15) is 0 Å². The van der Waals surface area contributed by atoms with Crippen molar-refractivity contribution in [3.63, 3.8) is 0 Å². The molecule has 0 aliphatic rings. The SMILES string of the molecule is OB(O)c1ccc2sc3cccc(Cl)c3c2c1. The van der Waals surface area contributed by atoms with Crippen LogP contribution in [-0.4, -0.2) is 17.2 Å². The number of fused-ring (bicyclic) bond motifs is 3. The summed E-state index contributed by atoms with van der Waals surface area (Å²) in [4.78, 5) is 0. The number of hydrogen-bond donors (Lipinski definition) is 2. The van der Waals surface area contributed by atoms with Crippen molar-refractivity contribution >= 4 is 55.7 Å². The van der Waals surface area contributed by atoms with Crippen molar-refractivity contribution in [2.75, 3.05) is 0 Å². The zero-order valence-corrected chi connectivity index (χ0v) is 10.3. The molecule has 0 bridgehead atoms. The largest absolute Gasteiger partial charge is 0.488 e. The normalized spacial score (nSPS) is 11.2. The molecule has 3 aromatic rings. The number of hydrogen-bond acceptors (Lipinski definition) is 3. The van der Waals surface area contributed by atoms with Crippen LogP contribution in [0.15, 0.2) is 36.4 Å². The molecule has 0 radical (unpaired) electrons. The smallest absolute Gasteiger partial charge is 0.423 e. The monoisotopic (exact) mass is 262 g/mol. The van der Waals surface area contributed by atoms with Crippen molar-refractivity contribution in [3.8, 4) is 0 Å². The summed E-state index contributed by atoms with van der Waals surface area (Å²) in [7, 11) is -1.45. The quantitative estimate of drug-likeness (QED) is 0.661. The fraction of sp³-hybridized carbons (Fsp3) is 0. The van der Waals surface area contributed by atoms with Crippen LogP contribution in [0.2, 0.25) is 5.02 Å². The number of benzene rings is 2. The van der Waals surface area contributed by atoms with Crippen molar-refractivity contribution in [2.45, 2.75) is 0 Å². The van der Waals surface area contributed by atoms with E-state index in [1.54, 1.807) is 23.5 Å². The van der Waals surface area contributed by atoms with Crippen LogP contribution in [0.5, 0.6) is 0 Å². The van der Waals surface area contributed by atoms with Crippen LogP contribution in [-0.2, 0) is 0 Å². The van der Waals surface area contributed by atoms with Gasteiger partial charge in [0.05, 0.1) is 0 Å². The Bertz CT molecular complexity index is 708. The lowest BCUT2D eigenvalue weighted by Crippen LogP contribution is -2.29. The Balaban J connectivity index is 2.44. The Morgan fingerprint density at radius 3 is 2.65 bits per heavy atom. The molecule has 1 aromatic heterocycles. The van der Waals surface area contributed by atoms with Gasteiger partial charge in [0.2, 0.25) is 0 Å². The van der Waals surface area contributed by atoms with Crippen LogP contribution in [0.3, 0.4) is 0 Å². The number of rotatable bonds is 1. The lowest BCUT2D eigenvalue weighted by atomic mass is 9.80. The third-order valence-corrected chi connectivity index (χ3v) is 4.22. The first kappa shape index (κ1) is 11.0. The molecule has 2 N–H and O–H groups in total. The molecule has 0 aliphatic heterocycles. The molecule has 0 fully saturated rings. The van der Waals surface area contributed by atoms with E-state index in [0.717, 1.165) is 20.2 Å². The van der Waals surface area contributed by atoms with E-state index in [2.05, 4.69) is 0 Å². The summed E-state index contributed by atoms with van der Waals surface area (Å²) in [5.74, 6) is 0. The van der Waals surface area contributed by atoms with Crippen LogP contribution in [0, 0.1) is 0 Å². The second-order valence-electron chi connectivity index (χ2n) is 3.84. The van der Waals surface area contributed by atoms with Crippen molar-refractivity contribution in [1.82, 2.24) is 0 Å². The molecule has 2 nitrogen and oxygen atoms in total. The minimum atomic E-state index is -1.45. The van der Waals surface area contributed by atoms with Gasteiger partial charge in [0.15, 0.2) is 0 Å². The van der Waals surface area contributed by atoms with E-state index in [9.17, 15) is 10.0 Å². The van der Waals surface area contributed by atoms with Crippen molar-refractivity contribution in [2.24, 2.45) is 0 Å². The van der Waals surface area contributed by atoms with E-state index in [0.29, 0.717) is 10.5 Å². The molecule has 0 amide bonds. The summed E-state index contributed by atoms with van der Waals surface area (Å²) in [6.07, 6.45) is 0. The van der Waals surface area contributed by atoms with Crippen LogP contribution in [0.25, 0.3) is 20.2 Å². The molecule has 0 saturated carbocycles.